The third-order valence-electron chi connectivity index (χ3n) is 4.77. The summed E-state index contributed by atoms with van der Waals surface area (Å²) in [6.45, 7) is 8.58. The Bertz CT molecular complexity index is 337. The maximum atomic E-state index is 12.0. The summed E-state index contributed by atoms with van der Waals surface area (Å²) in [5, 5.41) is 3.39. The molecule has 2 unspecified atom stereocenters. The van der Waals surface area contributed by atoms with Gasteiger partial charge in [-0.25, -0.2) is 0 Å². The van der Waals surface area contributed by atoms with E-state index in [-0.39, 0.29) is 5.91 Å². The molecule has 0 bridgehead atoms. The van der Waals surface area contributed by atoms with E-state index in [0.29, 0.717) is 12.0 Å². The Balaban J connectivity index is 2.08. The van der Waals surface area contributed by atoms with E-state index in [1.807, 2.05) is 0 Å². The molecule has 4 heteroatoms. The zero-order valence-corrected chi connectivity index (χ0v) is 13.3. The van der Waals surface area contributed by atoms with E-state index in [1.54, 1.807) is 0 Å². The molecule has 0 aliphatic heterocycles. The first-order valence-electron chi connectivity index (χ1n) is 8.29. The van der Waals surface area contributed by atoms with Crippen LogP contribution in [0.15, 0.2) is 0 Å². The van der Waals surface area contributed by atoms with Gasteiger partial charge in [0.2, 0.25) is 5.91 Å². The summed E-state index contributed by atoms with van der Waals surface area (Å²) in [5.41, 5.74) is 5.25. The van der Waals surface area contributed by atoms with Crippen molar-refractivity contribution in [3.63, 3.8) is 0 Å². The van der Waals surface area contributed by atoms with Crippen LogP contribution < -0.4 is 11.1 Å². The highest BCUT2D eigenvalue weighted by molar-refractivity contribution is 5.84. The Morgan fingerprint density at radius 2 is 2.05 bits per heavy atom. The fraction of sp³-hybridized carbons (Fsp3) is 0.938. The highest BCUT2D eigenvalue weighted by atomic mass is 16.1. The van der Waals surface area contributed by atoms with Gasteiger partial charge >= 0.3 is 0 Å². The van der Waals surface area contributed by atoms with Gasteiger partial charge in [-0.2, -0.15) is 0 Å². The molecule has 0 saturated heterocycles. The molecule has 2 aliphatic carbocycles. The van der Waals surface area contributed by atoms with Gasteiger partial charge in [0.15, 0.2) is 0 Å². The molecule has 2 saturated carbocycles. The molecule has 2 aliphatic rings. The summed E-state index contributed by atoms with van der Waals surface area (Å²) in [6.07, 6.45) is 6.75. The summed E-state index contributed by atoms with van der Waals surface area (Å²) in [7, 11) is 0. The molecule has 0 aromatic rings. The van der Waals surface area contributed by atoms with E-state index < -0.39 is 5.54 Å². The Labute approximate surface area is 123 Å². The Kier molecular flexibility index (Phi) is 5.08. The van der Waals surface area contributed by atoms with E-state index in [1.165, 1.54) is 19.3 Å². The molecule has 2 rings (SSSR count). The van der Waals surface area contributed by atoms with Crippen molar-refractivity contribution < 1.29 is 4.79 Å². The fourth-order valence-corrected chi connectivity index (χ4v) is 3.76. The van der Waals surface area contributed by atoms with Crippen molar-refractivity contribution in [1.29, 1.82) is 0 Å². The average Bonchev–Trinajstić information content (AvgIpc) is 3.20. The minimum absolute atomic E-state index is 0.163. The number of primary amides is 1. The topological polar surface area (TPSA) is 58.4 Å². The first kappa shape index (κ1) is 15.8. The molecule has 0 radical (unpaired) electrons. The van der Waals surface area contributed by atoms with Crippen molar-refractivity contribution in [2.75, 3.05) is 13.1 Å². The molecule has 1 amide bonds. The number of nitrogens with one attached hydrogen (secondary N) is 1. The number of amides is 1. The minimum Gasteiger partial charge on any atom is -0.368 e. The lowest BCUT2D eigenvalue weighted by Gasteiger charge is -2.44. The van der Waals surface area contributed by atoms with Crippen molar-refractivity contribution in [3.05, 3.63) is 0 Å². The van der Waals surface area contributed by atoms with Crippen LogP contribution in [-0.2, 0) is 4.79 Å². The first-order chi connectivity index (χ1) is 9.48. The number of nitrogens with two attached hydrogens (primary N) is 1. The normalized spacial score (nSPS) is 30.9. The first-order valence-corrected chi connectivity index (χ1v) is 8.29. The van der Waals surface area contributed by atoms with Crippen LogP contribution in [0.4, 0.5) is 0 Å². The number of hydrogen-bond donors (Lipinski definition) is 2. The molecule has 4 nitrogen and oxygen atoms in total. The van der Waals surface area contributed by atoms with Crippen LogP contribution in [0.1, 0.15) is 59.3 Å². The van der Waals surface area contributed by atoms with Crippen LogP contribution in [0.25, 0.3) is 0 Å². The van der Waals surface area contributed by atoms with Crippen molar-refractivity contribution in [2.24, 2.45) is 11.7 Å². The molecular formula is C16H31N3O. The van der Waals surface area contributed by atoms with Gasteiger partial charge in [-0.05, 0) is 51.0 Å². The second-order valence-corrected chi connectivity index (χ2v) is 7.05. The van der Waals surface area contributed by atoms with Crippen LogP contribution in [0.5, 0.6) is 0 Å². The summed E-state index contributed by atoms with van der Waals surface area (Å²) in [5.74, 6) is 0.518. The van der Waals surface area contributed by atoms with E-state index >= 15 is 0 Å². The molecule has 0 heterocycles. The monoisotopic (exact) mass is 281 g/mol. The molecule has 0 aromatic heterocycles. The van der Waals surface area contributed by atoms with Crippen molar-refractivity contribution in [1.82, 2.24) is 10.2 Å². The minimum atomic E-state index is -0.470. The summed E-state index contributed by atoms with van der Waals surface area (Å²) in [6, 6.07) is 1.28. The summed E-state index contributed by atoms with van der Waals surface area (Å²) >= 11 is 0. The Morgan fingerprint density at radius 3 is 2.55 bits per heavy atom. The predicted octanol–water partition coefficient (Wildman–Crippen LogP) is 1.88. The highest BCUT2D eigenvalue weighted by Crippen LogP contribution is 2.37. The Morgan fingerprint density at radius 1 is 1.35 bits per heavy atom. The molecule has 2 atom stereocenters. The maximum absolute atomic E-state index is 12.0. The SMILES string of the molecule is CCNC1(C(N)=O)CCCC(N(CC(C)C)C2CC2)C1. The highest BCUT2D eigenvalue weighted by Gasteiger charge is 2.44. The smallest absolute Gasteiger partial charge is 0.237 e. The van der Waals surface area contributed by atoms with Crippen molar-refractivity contribution >= 4 is 5.91 Å². The molecule has 0 spiro atoms. The molecule has 0 aromatic carbocycles. The zero-order chi connectivity index (χ0) is 14.8. The largest absolute Gasteiger partial charge is 0.368 e. The van der Waals surface area contributed by atoms with Crippen LogP contribution in [0.2, 0.25) is 0 Å². The van der Waals surface area contributed by atoms with Gasteiger partial charge in [0.1, 0.15) is 0 Å². The molecule has 3 N–H and O–H groups in total. The van der Waals surface area contributed by atoms with Crippen molar-refractivity contribution in [3.8, 4) is 0 Å². The standard InChI is InChI=1S/C16H31N3O/c1-4-18-16(15(17)20)9-5-6-14(10-16)19(11-12(2)3)13-7-8-13/h12-14,18H,4-11H2,1-3H3,(H2,17,20). The Hall–Kier alpha value is -0.610. The number of hydrogen-bond acceptors (Lipinski definition) is 3. The lowest BCUT2D eigenvalue weighted by Crippen LogP contribution is -2.61. The second kappa shape index (κ2) is 6.44. The van der Waals surface area contributed by atoms with E-state index in [9.17, 15) is 4.79 Å². The number of rotatable bonds is 7. The van der Waals surface area contributed by atoms with Gasteiger partial charge in [-0.1, -0.05) is 20.8 Å². The summed E-state index contributed by atoms with van der Waals surface area (Å²) < 4.78 is 0. The third kappa shape index (κ3) is 3.53. The number of likely N-dealkylation sites (N-methyl/N-ethyl adjacent to an activating group) is 1. The quantitative estimate of drug-likeness (QED) is 0.749. The van der Waals surface area contributed by atoms with Crippen LogP contribution in [0.3, 0.4) is 0 Å². The van der Waals surface area contributed by atoms with Gasteiger partial charge < -0.3 is 11.1 Å². The maximum Gasteiger partial charge on any atom is 0.237 e. The third-order valence-corrected chi connectivity index (χ3v) is 4.77. The number of nitrogens with zero attached hydrogens (tertiary/aromatic N) is 1. The molecule has 2 fully saturated rings. The van der Waals surface area contributed by atoms with E-state index in [4.69, 9.17) is 5.73 Å². The van der Waals surface area contributed by atoms with Gasteiger partial charge in [0, 0.05) is 18.6 Å². The zero-order valence-electron chi connectivity index (χ0n) is 13.3. The fourth-order valence-electron chi connectivity index (χ4n) is 3.76. The van der Waals surface area contributed by atoms with Gasteiger partial charge in [0.25, 0.3) is 0 Å². The van der Waals surface area contributed by atoms with Gasteiger partial charge in [-0.3, -0.25) is 9.69 Å². The van der Waals surface area contributed by atoms with E-state index in [0.717, 1.165) is 38.4 Å². The van der Waals surface area contributed by atoms with E-state index in [2.05, 4.69) is 31.0 Å². The summed E-state index contributed by atoms with van der Waals surface area (Å²) in [4.78, 5) is 14.6. The lowest BCUT2D eigenvalue weighted by atomic mass is 9.77. The number of carbonyl (C=O) groups is 1. The molecular weight excluding hydrogens is 250 g/mol. The van der Waals surface area contributed by atoms with Gasteiger partial charge in [0.05, 0.1) is 5.54 Å². The molecule has 20 heavy (non-hydrogen) atoms. The second-order valence-electron chi connectivity index (χ2n) is 7.05. The van der Waals surface area contributed by atoms with Crippen LogP contribution in [-0.4, -0.2) is 41.5 Å². The van der Waals surface area contributed by atoms with Crippen molar-refractivity contribution in [2.45, 2.75) is 76.9 Å². The van der Waals surface area contributed by atoms with Gasteiger partial charge in [-0.15, -0.1) is 0 Å². The molecule has 116 valence electrons. The number of carbonyl (C=O) groups excluding carboxylic acids is 1. The lowest BCUT2D eigenvalue weighted by molar-refractivity contribution is -0.126. The average molecular weight is 281 g/mol. The predicted molar refractivity (Wildman–Crippen MR) is 82.4 cm³/mol. The van der Waals surface area contributed by atoms with Crippen LogP contribution in [0, 0.1) is 5.92 Å². The van der Waals surface area contributed by atoms with Crippen LogP contribution >= 0.6 is 0 Å².